The van der Waals surface area contributed by atoms with Gasteiger partial charge in [-0.05, 0) is 62.7 Å². The van der Waals surface area contributed by atoms with Gasteiger partial charge in [-0.2, -0.15) is 0 Å². The molecule has 0 fully saturated rings. The number of rotatable bonds is 14. The van der Waals surface area contributed by atoms with Gasteiger partial charge in [0.25, 0.3) is 0 Å². The lowest BCUT2D eigenvalue weighted by atomic mass is 9.81. The highest BCUT2D eigenvalue weighted by Gasteiger charge is 2.30. The summed E-state index contributed by atoms with van der Waals surface area (Å²) in [6.45, 7) is 14.5. The highest BCUT2D eigenvalue weighted by Crippen LogP contribution is 2.39. The molecule has 4 rings (SSSR count). The van der Waals surface area contributed by atoms with Crippen molar-refractivity contribution in [2.45, 2.75) is 50.9 Å². The van der Waals surface area contributed by atoms with Crippen LogP contribution in [-0.2, 0) is 11.2 Å². The van der Waals surface area contributed by atoms with E-state index in [0.717, 1.165) is 41.9 Å². The maximum atomic E-state index is 15.2. The number of quaternary nitrogens is 1. The van der Waals surface area contributed by atoms with E-state index in [1.54, 1.807) is 31.5 Å². The summed E-state index contributed by atoms with van der Waals surface area (Å²) in [6.07, 6.45) is 1.73. The number of thioether (sulfide) groups is 1. The van der Waals surface area contributed by atoms with Crippen molar-refractivity contribution in [2.75, 3.05) is 39.9 Å². The lowest BCUT2D eigenvalue weighted by molar-refractivity contribution is -0.923. The Hall–Kier alpha value is -3.14. The van der Waals surface area contributed by atoms with Crippen LogP contribution in [0.3, 0.4) is 0 Å². The molecule has 0 aliphatic carbocycles. The Morgan fingerprint density at radius 1 is 0.932 bits per heavy atom. The largest absolute Gasteiger partial charge is 0.495 e. The Morgan fingerprint density at radius 2 is 1.57 bits per heavy atom. The molecule has 0 radical (unpaired) electrons. The Morgan fingerprint density at radius 3 is 2.16 bits per heavy atom. The van der Waals surface area contributed by atoms with Crippen molar-refractivity contribution < 1.29 is 27.1 Å². The zero-order chi connectivity index (χ0) is 32.1. The highest BCUT2D eigenvalue weighted by molar-refractivity contribution is 7.98. The van der Waals surface area contributed by atoms with E-state index in [4.69, 9.17) is 21.1 Å². The smallest absolute Gasteiger partial charge is 0.173 e. The van der Waals surface area contributed by atoms with Crippen LogP contribution in [0.2, 0.25) is 5.02 Å². The third-order valence-electron chi connectivity index (χ3n) is 8.63. The predicted octanol–water partition coefficient (Wildman–Crippen LogP) is 8.83. The Bertz CT molecular complexity index is 1540. The fraction of sp³-hybridized carbons (Fsp3) is 0.382. The number of aromatic nitrogens is 2. The second kappa shape index (κ2) is 14.3. The molecular weight excluding hydrogens is 607 g/mol. The summed E-state index contributed by atoms with van der Waals surface area (Å²) in [5, 5.41) is 0.999. The molecule has 0 aliphatic heterocycles. The molecule has 10 heteroatoms. The zero-order valence-electron chi connectivity index (χ0n) is 26.1. The van der Waals surface area contributed by atoms with Crippen LogP contribution in [0.1, 0.15) is 51.4 Å². The summed E-state index contributed by atoms with van der Waals surface area (Å²) in [6, 6.07) is 14.1. The maximum absolute atomic E-state index is 15.2. The lowest BCUT2D eigenvalue weighted by Gasteiger charge is -2.35. The SMILES string of the molecule is CC[N+](CC)(CC)CCOc1cc(F)c(CSc2ncc(C(C)(C)c3ccc(Cl)c(OC)c3)n2-c2ccc(F)cc2)c(F)c1. The first-order chi connectivity index (χ1) is 21.0. The molecule has 1 heterocycles. The van der Waals surface area contributed by atoms with Crippen LogP contribution in [0.4, 0.5) is 13.2 Å². The minimum absolute atomic E-state index is 0.00764. The molecule has 0 bridgehead atoms. The van der Waals surface area contributed by atoms with Crippen LogP contribution < -0.4 is 9.47 Å². The van der Waals surface area contributed by atoms with Gasteiger partial charge in [-0.25, -0.2) is 18.2 Å². The average molecular weight is 647 g/mol. The van der Waals surface area contributed by atoms with Crippen LogP contribution in [0.25, 0.3) is 5.69 Å². The van der Waals surface area contributed by atoms with E-state index in [9.17, 15) is 4.39 Å². The molecule has 1 aromatic heterocycles. The topological polar surface area (TPSA) is 36.3 Å². The summed E-state index contributed by atoms with van der Waals surface area (Å²) in [7, 11) is 1.56. The third kappa shape index (κ3) is 7.22. The molecule has 0 amide bonds. The number of imidazole rings is 1. The first-order valence-electron chi connectivity index (χ1n) is 14.7. The quantitative estimate of drug-likeness (QED) is 0.101. The van der Waals surface area contributed by atoms with Crippen molar-refractivity contribution >= 4 is 23.4 Å². The van der Waals surface area contributed by atoms with Crippen LogP contribution in [0, 0.1) is 17.5 Å². The van der Waals surface area contributed by atoms with Gasteiger partial charge in [0.15, 0.2) is 5.16 Å². The van der Waals surface area contributed by atoms with Gasteiger partial charge in [0, 0.05) is 34.6 Å². The lowest BCUT2D eigenvalue weighted by Crippen LogP contribution is -2.49. The molecular formula is C34H40ClF3N3O2S+. The molecule has 0 aliphatic rings. The van der Waals surface area contributed by atoms with Gasteiger partial charge in [-0.1, -0.05) is 43.3 Å². The fourth-order valence-corrected chi connectivity index (χ4v) is 6.56. The number of methoxy groups -OCH3 is 1. The van der Waals surface area contributed by atoms with Gasteiger partial charge in [0.1, 0.15) is 42.1 Å². The number of likely N-dealkylation sites (N-methyl/N-ethyl adjacent to an activating group) is 1. The van der Waals surface area contributed by atoms with Crippen molar-refractivity contribution in [3.05, 3.63) is 100 Å². The van der Waals surface area contributed by atoms with E-state index in [1.807, 2.05) is 30.5 Å². The van der Waals surface area contributed by atoms with Crippen molar-refractivity contribution in [3.63, 3.8) is 0 Å². The second-order valence-electron chi connectivity index (χ2n) is 11.2. The number of halogens is 4. The van der Waals surface area contributed by atoms with Crippen LogP contribution in [0.15, 0.2) is 66.0 Å². The molecule has 44 heavy (non-hydrogen) atoms. The second-order valence-corrected chi connectivity index (χ2v) is 12.6. The van der Waals surface area contributed by atoms with Crippen molar-refractivity contribution in [1.29, 1.82) is 0 Å². The third-order valence-corrected chi connectivity index (χ3v) is 9.93. The standard InChI is InChI=1S/C34H40ClF3N3O2S/c1-7-41(8-2,9-3)16-17-43-26-19-29(37)27(30(38)20-26)22-44-33-39-21-32(40(33)25-13-11-24(36)12-14-25)34(4,5)23-10-15-28(35)31(18-23)42-6/h10-15,18-21H,7-9,16-17,22H2,1-6H3/q+1. The molecule has 0 saturated carbocycles. The summed E-state index contributed by atoms with van der Waals surface area (Å²) in [5.41, 5.74) is 1.71. The van der Waals surface area contributed by atoms with E-state index in [0.29, 0.717) is 28.2 Å². The van der Waals surface area contributed by atoms with Gasteiger partial charge < -0.3 is 14.0 Å². The van der Waals surface area contributed by atoms with E-state index in [-0.39, 0.29) is 22.9 Å². The van der Waals surface area contributed by atoms with Gasteiger partial charge in [0.05, 0.1) is 43.7 Å². The summed E-state index contributed by atoms with van der Waals surface area (Å²) in [4.78, 5) is 4.65. The molecule has 0 N–H and O–H groups in total. The van der Waals surface area contributed by atoms with E-state index < -0.39 is 17.0 Å². The summed E-state index contributed by atoms with van der Waals surface area (Å²) >= 11 is 7.48. The van der Waals surface area contributed by atoms with Gasteiger partial charge >= 0.3 is 0 Å². The molecule has 0 unspecified atom stereocenters. The highest BCUT2D eigenvalue weighted by atomic mass is 35.5. The fourth-order valence-electron chi connectivity index (χ4n) is 5.35. The molecule has 0 atom stereocenters. The van der Waals surface area contributed by atoms with E-state index >= 15 is 8.78 Å². The van der Waals surface area contributed by atoms with Crippen molar-refractivity contribution in [2.24, 2.45) is 0 Å². The summed E-state index contributed by atoms with van der Waals surface area (Å²) in [5.74, 6) is -1.02. The van der Waals surface area contributed by atoms with Gasteiger partial charge in [-0.3, -0.25) is 4.57 Å². The van der Waals surface area contributed by atoms with Crippen molar-refractivity contribution in [3.8, 4) is 17.2 Å². The van der Waals surface area contributed by atoms with Crippen LogP contribution >= 0.6 is 23.4 Å². The molecule has 236 valence electrons. The molecule has 0 spiro atoms. The number of hydrogen-bond donors (Lipinski definition) is 0. The zero-order valence-corrected chi connectivity index (χ0v) is 27.7. The Labute approximate surface area is 267 Å². The number of ether oxygens (including phenoxy) is 2. The van der Waals surface area contributed by atoms with Crippen molar-refractivity contribution in [1.82, 2.24) is 9.55 Å². The van der Waals surface area contributed by atoms with Crippen LogP contribution in [0.5, 0.6) is 11.5 Å². The number of benzene rings is 3. The Balaban J connectivity index is 1.61. The number of nitrogens with zero attached hydrogens (tertiary/aromatic N) is 3. The first-order valence-corrected chi connectivity index (χ1v) is 16.1. The molecule has 5 nitrogen and oxygen atoms in total. The normalized spacial score (nSPS) is 12.0. The van der Waals surface area contributed by atoms with Gasteiger partial charge in [0.2, 0.25) is 0 Å². The minimum atomic E-state index is -0.677. The average Bonchev–Trinajstić information content (AvgIpc) is 3.44. The predicted molar refractivity (Wildman–Crippen MR) is 172 cm³/mol. The monoisotopic (exact) mass is 646 g/mol. The number of hydrogen-bond acceptors (Lipinski definition) is 4. The maximum Gasteiger partial charge on any atom is 0.173 e. The first kappa shape index (κ1) is 33.7. The molecule has 4 aromatic rings. The molecule has 3 aromatic carbocycles. The molecule has 0 saturated heterocycles. The Kier molecular flexibility index (Phi) is 11.0. The van der Waals surface area contributed by atoms with Gasteiger partial charge in [-0.15, -0.1) is 0 Å². The van der Waals surface area contributed by atoms with E-state index in [1.165, 1.54) is 36.0 Å². The summed E-state index contributed by atoms with van der Waals surface area (Å²) < 4.78 is 58.3. The van der Waals surface area contributed by atoms with E-state index in [2.05, 4.69) is 25.8 Å². The van der Waals surface area contributed by atoms with Crippen LogP contribution in [-0.4, -0.2) is 53.9 Å². The minimum Gasteiger partial charge on any atom is -0.495 e.